The summed E-state index contributed by atoms with van der Waals surface area (Å²) in [5.41, 5.74) is -0.249. The highest BCUT2D eigenvalue weighted by molar-refractivity contribution is 6.34. The lowest BCUT2D eigenvalue weighted by Crippen LogP contribution is -2.29. The van der Waals surface area contributed by atoms with Gasteiger partial charge in [-0.1, -0.05) is 18.5 Å². The number of carbonyl (C=O) groups is 2. The molecule has 18 heavy (non-hydrogen) atoms. The van der Waals surface area contributed by atoms with Crippen LogP contribution >= 0.6 is 11.6 Å². The summed E-state index contributed by atoms with van der Waals surface area (Å²) in [6.45, 7) is 1.56. The molecule has 0 saturated carbocycles. The zero-order valence-electron chi connectivity index (χ0n) is 9.60. The second-order valence-corrected chi connectivity index (χ2v) is 3.90. The van der Waals surface area contributed by atoms with Crippen LogP contribution in [-0.2, 0) is 4.79 Å². The number of carbonyl (C=O) groups excluding carboxylic acids is 2. The topological polar surface area (TPSA) is 89.3 Å². The third-order valence-electron chi connectivity index (χ3n) is 2.25. The Hall–Kier alpha value is -1.95. The smallest absolute Gasteiger partial charge is 0.270 e. The van der Waals surface area contributed by atoms with E-state index < -0.39 is 10.8 Å². The number of nitrogens with zero attached hydrogens (tertiary/aromatic N) is 1. The number of halogens is 1. The Kier molecular flexibility index (Phi) is 4.79. The number of hydrogen-bond donors (Lipinski definition) is 1. The lowest BCUT2D eigenvalue weighted by Gasteiger charge is -2.05. The average Bonchev–Trinajstić information content (AvgIpc) is 2.35. The van der Waals surface area contributed by atoms with E-state index in [2.05, 4.69) is 5.32 Å². The minimum atomic E-state index is -0.621. The number of nitro groups is 1. The summed E-state index contributed by atoms with van der Waals surface area (Å²) < 4.78 is 0. The van der Waals surface area contributed by atoms with Crippen molar-refractivity contribution in [3.05, 3.63) is 38.9 Å². The van der Waals surface area contributed by atoms with Crippen LogP contribution in [-0.4, -0.2) is 23.2 Å². The van der Waals surface area contributed by atoms with Crippen LogP contribution in [0.25, 0.3) is 0 Å². The summed E-state index contributed by atoms with van der Waals surface area (Å²) in [5, 5.41) is 13.0. The molecule has 0 unspecified atom stereocenters. The summed E-state index contributed by atoms with van der Waals surface area (Å²) in [6.07, 6.45) is 0.308. The van der Waals surface area contributed by atoms with Crippen molar-refractivity contribution in [2.75, 3.05) is 6.54 Å². The fourth-order valence-electron chi connectivity index (χ4n) is 1.20. The molecular formula is C11H11ClN2O4. The minimum Gasteiger partial charge on any atom is -0.345 e. The molecule has 1 N–H and O–H groups in total. The van der Waals surface area contributed by atoms with Crippen LogP contribution in [0.4, 0.5) is 5.69 Å². The Morgan fingerprint density at radius 3 is 2.67 bits per heavy atom. The Labute approximate surface area is 108 Å². The van der Waals surface area contributed by atoms with Crippen molar-refractivity contribution < 1.29 is 14.5 Å². The van der Waals surface area contributed by atoms with Crippen LogP contribution in [0.5, 0.6) is 0 Å². The first-order chi connectivity index (χ1) is 8.45. The Morgan fingerprint density at radius 1 is 1.44 bits per heavy atom. The molecule has 6 nitrogen and oxygen atoms in total. The predicted octanol–water partition coefficient (Wildman–Crippen LogP) is 1.96. The second kappa shape index (κ2) is 6.11. The Bertz CT molecular complexity index is 502. The van der Waals surface area contributed by atoms with Gasteiger partial charge in [0, 0.05) is 18.6 Å². The number of Topliss-reactive ketones (excluding diaryl/α,β-unsaturated/α-hetero) is 1. The van der Waals surface area contributed by atoms with Crippen LogP contribution in [0, 0.1) is 10.1 Å². The minimum absolute atomic E-state index is 0.0187. The van der Waals surface area contributed by atoms with Gasteiger partial charge in [0.15, 0.2) is 5.78 Å². The van der Waals surface area contributed by atoms with Gasteiger partial charge in [-0.25, -0.2) is 0 Å². The molecule has 0 spiro atoms. The van der Waals surface area contributed by atoms with Gasteiger partial charge in [0.05, 0.1) is 22.1 Å². The standard InChI is InChI=1S/C11H11ClN2O4/c1-2-8(15)6-13-11(16)9-5-7(14(17)18)3-4-10(9)12/h3-5H,2,6H2,1H3,(H,13,16). The third kappa shape index (κ3) is 3.53. The molecule has 0 aromatic heterocycles. The molecule has 0 aliphatic carbocycles. The molecule has 0 fully saturated rings. The molecule has 0 saturated heterocycles. The molecule has 1 amide bonds. The van der Waals surface area contributed by atoms with Gasteiger partial charge < -0.3 is 5.32 Å². The van der Waals surface area contributed by atoms with Gasteiger partial charge in [0.25, 0.3) is 11.6 Å². The number of ketones is 1. The van der Waals surface area contributed by atoms with Gasteiger partial charge in [-0.05, 0) is 6.07 Å². The van der Waals surface area contributed by atoms with Gasteiger partial charge in [-0.3, -0.25) is 19.7 Å². The van der Waals surface area contributed by atoms with Crippen molar-refractivity contribution in [2.24, 2.45) is 0 Å². The summed E-state index contributed by atoms with van der Waals surface area (Å²) in [5.74, 6) is -0.740. The summed E-state index contributed by atoms with van der Waals surface area (Å²) in [4.78, 5) is 32.7. The van der Waals surface area contributed by atoms with Crippen LogP contribution in [0.3, 0.4) is 0 Å². The van der Waals surface area contributed by atoms with Gasteiger partial charge >= 0.3 is 0 Å². The van der Waals surface area contributed by atoms with Crippen molar-refractivity contribution in [3.63, 3.8) is 0 Å². The van der Waals surface area contributed by atoms with Gasteiger partial charge in [-0.15, -0.1) is 0 Å². The highest BCUT2D eigenvalue weighted by Crippen LogP contribution is 2.21. The first kappa shape index (κ1) is 14.1. The van der Waals surface area contributed by atoms with E-state index in [1.165, 1.54) is 12.1 Å². The van der Waals surface area contributed by atoms with E-state index in [0.29, 0.717) is 6.42 Å². The molecule has 1 aromatic carbocycles. The van der Waals surface area contributed by atoms with Crippen molar-refractivity contribution in [1.82, 2.24) is 5.32 Å². The quantitative estimate of drug-likeness (QED) is 0.654. The molecule has 1 aromatic rings. The summed E-state index contributed by atoms with van der Waals surface area (Å²) in [6, 6.07) is 3.56. The maximum Gasteiger partial charge on any atom is 0.270 e. The van der Waals surface area contributed by atoms with Gasteiger partial charge in [0.2, 0.25) is 0 Å². The molecule has 0 bridgehead atoms. The Balaban J connectivity index is 2.87. The molecule has 1 rings (SSSR count). The van der Waals surface area contributed by atoms with E-state index >= 15 is 0 Å². The van der Waals surface area contributed by atoms with Crippen molar-refractivity contribution in [1.29, 1.82) is 0 Å². The highest BCUT2D eigenvalue weighted by Gasteiger charge is 2.16. The molecule has 0 heterocycles. The Morgan fingerprint density at radius 2 is 2.11 bits per heavy atom. The second-order valence-electron chi connectivity index (χ2n) is 3.50. The number of hydrogen-bond acceptors (Lipinski definition) is 4. The molecule has 0 aliphatic rings. The lowest BCUT2D eigenvalue weighted by atomic mass is 10.2. The lowest BCUT2D eigenvalue weighted by molar-refractivity contribution is -0.384. The van der Waals surface area contributed by atoms with Crippen LogP contribution < -0.4 is 5.32 Å². The predicted molar refractivity (Wildman–Crippen MR) is 65.7 cm³/mol. The van der Waals surface area contributed by atoms with Crippen molar-refractivity contribution in [3.8, 4) is 0 Å². The maximum absolute atomic E-state index is 11.7. The number of non-ortho nitro benzene ring substituents is 1. The van der Waals surface area contributed by atoms with Crippen molar-refractivity contribution in [2.45, 2.75) is 13.3 Å². The van der Waals surface area contributed by atoms with Crippen LogP contribution in [0.15, 0.2) is 18.2 Å². The molecule has 7 heteroatoms. The van der Waals surface area contributed by atoms with E-state index in [1.807, 2.05) is 0 Å². The summed E-state index contributed by atoms with van der Waals surface area (Å²) >= 11 is 5.78. The normalized spacial score (nSPS) is 9.89. The average molecular weight is 271 g/mol. The maximum atomic E-state index is 11.7. The largest absolute Gasteiger partial charge is 0.345 e. The fourth-order valence-corrected chi connectivity index (χ4v) is 1.40. The monoisotopic (exact) mass is 270 g/mol. The number of nitro benzene ring substituents is 1. The van der Waals surface area contributed by atoms with Gasteiger partial charge in [-0.2, -0.15) is 0 Å². The first-order valence-electron chi connectivity index (χ1n) is 5.19. The third-order valence-corrected chi connectivity index (χ3v) is 2.58. The van der Waals surface area contributed by atoms with E-state index in [4.69, 9.17) is 11.6 Å². The summed E-state index contributed by atoms with van der Waals surface area (Å²) in [7, 11) is 0. The number of nitrogens with one attached hydrogen (secondary N) is 1. The molecule has 0 aliphatic heterocycles. The highest BCUT2D eigenvalue weighted by atomic mass is 35.5. The zero-order valence-corrected chi connectivity index (χ0v) is 10.4. The SMILES string of the molecule is CCC(=O)CNC(=O)c1cc([N+](=O)[O-])ccc1Cl. The molecular weight excluding hydrogens is 260 g/mol. The fraction of sp³-hybridized carbons (Fsp3) is 0.273. The van der Waals surface area contributed by atoms with E-state index in [0.717, 1.165) is 6.07 Å². The molecule has 96 valence electrons. The van der Waals surface area contributed by atoms with E-state index in [9.17, 15) is 19.7 Å². The number of amides is 1. The van der Waals surface area contributed by atoms with Crippen molar-refractivity contribution >= 4 is 29.0 Å². The van der Waals surface area contributed by atoms with Crippen LogP contribution in [0.2, 0.25) is 5.02 Å². The first-order valence-corrected chi connectivity index (χ1v) is 5.57. The number of benzene rings is 1. The zero-order chi connectivity index (χ0) is 13.7. The van der Waals surface area contributed by atoms with E-state index in [-0.39, 0.29) is 28.6 Å². The molecule has 0 radical (unpaired) electrons. The molecule has 0 atom stereocenters. The van der Waals surface area contributed by atoms with Crippen LogP contribution in [0.1, 0.15) is 23.7 Å². The van der Waals surface area contributed by atoms with Gasteiger partial charge in [0.1, 0.15) is 0 Å². The number of rotatable bonds is 5. The van der Waals surface area contributed by atoms with E-state index in [1.54, 1.807) is 6.92 Å².